The van der Waals surface area contributed by atoms with Gasteiger partial charge in [-0.15, -0.1) is 0 Å². The van der Waals surface area contributed by atoms with E-state index in [1.54, 1.807) is 19.2 Å². The molecule has 0 atom stereocenters. The van der Waals surface area contributed by atoms with Gasteiger partial charge in [0.1, 0.15) is 67.0 Å². The van der Waals surface area contributed by atoms with Gasteiger partial charge in [0.25, 0.3) is 0 Å². The van der Waals surface area contributed by atoms with Gasteiger partial charge in [-0.2, -0.15) is 9.66 Å². The number of aromatic nitrogens is 2. The van der Waals surface area contributed by atoms with E-state index in [0.717, 1.165) is 85.5 Å². The Kier molecular flexibility index (Phi) is 5.11. The Balaban J connectivity index is 1.36. The molecule has 172 valence electrons. The predicted octanol–water partition coefficient (Wildman–Crippen LogP) is 2.32. The maximum absolute atomic E-state index is 13.9. The molecule has 7 heteroatoms. The molecule has 2 aromatic carbocycles. The maximum Gasteiger partial charge on any atom is 0.250 e. The number of hydrogen-bond acceptors (Lipinski definition) is 3. The van der Waals surface area contributed by atoms with Crippen LogP contribution in [0.15, 0.2) is 42.5 Å². The van der Waals surface area contributed by atoms with E-state index in [4.69, 9.17) is 4.74 Å². The zero-order valence-electron chi connectivity index (χ0n) is 19.3. The largest absolute Gasteiger partial charge is 0.496 e. The summed E-state index contributed by atoms with van der Waals surface area (Å²) >= 11 is 0. The van der Waals surface area contributed by atoms with Gasteiger partial charge in [-0.05, 0) is 55.2 Å². The van der Waals surface area contributed by atoms with Crippen LogP contribution in [0.5, 0.6) is 5.75 Å². The fourth-order valence-electron chi connectivity index (χ4n) is 5.84. The lowest BCUT2D eigenvalue weighted by Gasteiger charge is -2.31. The highest BCUT2D eigenvalue weighted by atomic mass is 19.1. The van der Waals surface area contributed by atoms with Crippen molar-refractivity contribution in [1.29, 1.82) is 5.26 Å². The number of piperazine rings is 1. The molecule has 0 bridgehead atoms. The fraction of sp³-hybridized carbons (Fsp3) is 0.333. The summed E-state index contributed by atoms with van der Waals surface area (Å²) in [6.07, 6.45) is 3.06. The molecule has 1 saturated heterocycles. The second-order valence-electron chi connectivity index (χ2n) is 9.32. The summed E-state index contributed by atoms with van der Waals surface area (Å²) < 4.78 is 21.6. The standard InChI is InChI=1S/C27H26FN5O/c1-34-25-10-9-19(28)15-18(25)17-31-11-13-32(14-12-31)27-21-6-4-5-20(21)22(16-29)26-30-23-7-2-3-8-24(23)33(26)27/h2-3,7-10,15H,4-6,11-14,17H2,1H3/p+2. The maximum atomic E-state index is 13.9. The summed E-state index contributed by atoms with van der Waals surface area (Å²) in [6, 6.07) is 15.5. The number of fused-ring (bicyclic) bond motifs is 4. The number of H-pyrrole nitrogens is 1. The number of imidazole rings is 1. The number of ether oxygens (including phenoxy) is 1. The number of hydrogen-bond donors (Lipinski definition) is 2. The average Bonchev–Trinajstić information content (AvgIpc) is 3.48. The van der Waals surface area contributed by atoms with Gasteiger partial charge < -0.3 is 9.64 Å². The van der Waals surface area contributed by atoms with Gasteiger partial charge >= 0.3 is 0 Å². The number of nitrogens with zero attached hydrogens (tertiary/aromatic N) is 3. The van der Waals surface area contributed by atoms with Crippen molar-refractivity contribution >= 4 is 22.5 Å². The first-order chi connectivity index (χ1) is 16.7. The van der Waals surface area contributed by atoms with Crippen LogP contribution in [0.25, 0.3) is 16.7 Å². The zero-order chi connectivity index (χ0) is 23.2. The van der Waals surface area contributed by atoms with Gasteiger partial charge in [-0.25, -0.2) is 4.39 Å². The number of rotatable bonds is 4. The zero-order valence-corrected chi connectivity index (χ0v) is 19.3. The highest BCUT2D eigenvalue weighted by molar-refractivity contribution is 5.78. The monoisotopic (exact) mass is 457 g/mol. The summed E-state index contributed by atoms with van der Waals surface area (Å²) in [4.78, 5) is 7.44. The van der Waals surface area contributed by atoms with Gasteiger partial charge in [-0.1, -0.05) is 12.1 Å². The number of benzene rings is 2. The average molecular weight is 458 g/mol. The van der Waals surface area contributed by atoms with E-state index >= 15 is 0 Å². The topological polar surface area (TPSA) is 60.6 Å². The minimum absolute atomic E-state index is 0.222. The van der Waals surface area contributed by atoms with Crippen molar-refractivity contribution in [3.05, 3.63) is 70.5 Å². The number of methoxy groups -OCH3 is 1. The number of nitrogens with one attached hydrogen (secondary N) is 2. The molecule has 34 heavy (non-hydrogen) atoms. The van der Waals surface area contributed by atoms with E-state index in [-0.39, 0.29) is 5.82 Å². The van der Waals surface area contributed by atoms with Crippen LogP contribution >= 0.6 is 0 Å². The Labute approximate surface area is 197 Å². The quantitative estimate of drug-likeness (QED) is 0.463. The predicted molar refractivity (Wildman–Crippen MR) is 128 cm³/mol. The van der Waals surface area contributed by atoms with Crippen molar-refractivity contribution in [2.75, 3.05) is 38.2 Å². The van der Waals surface area contributed by atoms with E-state index in [9.17, 15) is 9.65 Å². The lowest BCUT2D eigenvalue weighted by molar-refractivity contribution is -0.914. The van der Waals surface area contributed by atoms with Gasteiger partial charge in [0.2, 0.25) is 11.5 Å². The van der Waals surface area contributed by atoms with Crippen LogP contribution in [0.2, 0.25) is 0 Å². The number of nitriles is 1. The molecule has 0 radical (unpaired) electrons. The molecule has 2 N–H and O–H groups in total. The van der Waals surface area contributed by atoms with E-state index in [1.165, 1.54) is 27.9 Å². The van der Waals surface area contributed by atoms with Crippen LogP contribution in [0.4, 0.5) is 10.2 Å². The molecule has 1 fully saturated rings. The minimum Gasteiger partial charge on any atom is -0.496 e. The number of aromatic amines is 1. The first kappa shape index (κ1) is 20.9. The molecule has 2 aliphatic rings. The van der Waals surface area contributed by atoms with Gasteiger partial charge in [-0.3, -0.25) is 9.88 Å². The molecular formula is C27H28FN5O+2. The number of anilines is 1. The summed E-state index contributed by atoms with van der Waals surface area (Å²) in [5, 5.41) is 10.0. The number of para-hydroxylation sites is 2. The first-order valence-electron chi connectivity index (χ1n) is 12.0. The van der Waals surface area contributed by atoms with Crippen molar-refractivity contribution in [3.8, 4) is 11.8 Å². The van der Waals surface area contributed by atoms with Crippen molar-refractivity contribution < 1.29 is 18.4 Å². The molecule has 0 saturated carbocycles. The first-order valence-corrected chi connectivity index (χ1v) is 12.0. The van der Waals surface area contributed by atoms with Crippen LogP contribution in [0.3, 0.4) is 0 Å². The van der Waals surface area contributed by atoms with Crippen LogP contribution in [-0.4, -0.2) is 38.3 Å². The second-order valence-corrected chi connectivity index (χ2v) is 9.32. The highest BCUT2D eigenvalue weighted by Gasteiger charge is 2.35. The van der Waals surface area contributed by atoms with E-state index in [0.29, 0.717) is 0 Å². The smallest absolute Gasteiger partial charge is 0.250 e. The number of quaternary nitrogens is 1. The third-order valence-corrected chi connectivity index (χ3v) is 7.42. The summed E-state index contributed by atoms with van der Waals surface area (Å²) in [5.41, 5.74) is 7.30. The Morgan fingerprint density at radius 2 is 1.94 bits per heavy atom. The second kappa shape index (κ2) is 8.30. The third-order valence-electron chi connectivity index (χ3n) is 7.42. The van der Waals surface area contributed by atoms with Crippen LogP contribution in [-0.2, 0) is 19.4 Å². The molecule has 1 aliphatic carbocycles. The molecule has 0 amide bonds. The molecule has 0 spiro atoms. The Hall–Kier alpha value is -3.63. The van der Waals surface area contributed by atoms with E-state index < -0.39 is 0 Å². The summed E-state index contributed by atoms with van der Waals surface area (Å²) in [5.74, 6) is 1.76. The summed E-state index contributed by atoms with van der Waals surface area (Å²) in [6.45, 7) is 4.48. The van der Waals surface area contributed by atoms with Gasteiger partial charge in [0.15, 0.2) is 0 Å². The molecular weight excluding hydrogens is 429 g/mol. The SMILES string of the molecule is COc1ccc(F)cc1C[NH+]1CCN(c2c3c(c(C#N)c4[nH]c5ccccc5[n+]24)CCC3)CC1. The van der Waals surface area contributed by atoms with E-state index in [2.05, 4.69) is 38.6 Å². The van der Waals surface area contributed by atoms with Crippen molar-refractivity contribution in [3.63, 3.8) is 0 Å². The van der Waals surface area contributed by atoms with E-state index in [1.807, 2.05) is 6.07 Å². The third kappa shape index (κ3) is 3.29. The molecule has 6 rings (SSSR count). The number of pyridine rings is 1. The van der Waals surface area contributed by atoms with Crippen LogP contribution in [0.1, 0.15) is 28.7 Å². The normalized spacial score (nSPS) is 16.2. The molecule has 6 nitrogen and oxygen atoms in total. The van der Waals surface area contributed by atoms with Crippen molar-refractivity contribution in [1.82, 2.24) is 4.98 Å². The lowest BCUT2D eigenvalue weighted by atomic mass is 10.0. The fourth-order valence-corrected chi connectivity index (χ4v) is 5.84. The molecule has 3 heterocycles. The van der Waals surface area contributed by atoms with Crippen LogP contribution in [0, 0.1) is 17.1 Å². The highest BCUT2D eigenvalue weighted by Crippen LogP contribution is 2.34. The van der Waals surface area contributed by atoms with Gasteiger partial charge in [0, 0.05) is 5.56 Å². The lowest BCUT2D eigenvalue weighted by Crippen LogP contribution is -3.13. The Morgan fingerprint density at radius 1 is 1.15 bits per heavy atom. The molecule has 4 aromatic rings. The minimum atomic E-state index is -0.222. The molecule has 1 aliphatic heterocycles. The molecule has 0 unspecified atom stereocenters. The molecule has 2 aromatic heterocycles. The van der Waals surface area contributed by atoms with Crippen LogP contribution < -0.4 is 18.9 Å². The number of halogens is 1. The van der Waals surface area contributed by atoms with Gasteiger partial charge in [0.05, 0.1) is 12.7 Å². The van der Waals surface area contributed by atoms with Crippen molar-refractivity contribution in [2.45, 2.75) is 25.8 Å². The Morgan fingerprint density at radius 3 is 2.74 bits per heavy atom. The Bertz CT molecular complexity index is 1450. The van der Waals surface area contributed by atoms with Crippen molar-refractivity contribution in [2.24, 2.45) is 0 Å². The summed E-state index contributed by atoms with van der Waals surface area (Å²) in [7, 11) is 1.64.